The van der Waals surface area contributed by atoms with Crippen LogP contribution in [0.2, 0.25) is 0 Å². The fraction of sp³-hybridized carbons (Fsp3) is 1.00. The molecule has 4 unspecified atom stereocenters. The van der Waals surface area contributed by atoms with Gasteiger partial charge in [-0.15, -0.1) is 0 Å². The summed E-state index contributed by atoms with van der Waals surface area (Å²) in [5.41, 5.74) is 0.195. The van der Waals surface area contributed by atoms with Gasteiger partial charge in [0.25, 0.3) is 0 Å². The highest BCUT2D eigenvalue weighted by Gasteiger charge is 2.38. The first-order valence-electron chi connectivity index (χ1n) is 8.20. The van der Waals surface area contributed by atoms with E-state index in [0.29, 0.717) is 12.1 Å². The molecule has 0 aliphatic heterocycles. The fourth-order valence-electron chi connectivity index (χ4n) is 3.82. The van der Waals surface area contributed by atoms with Crippen LogP contribution in [0.5, 0.6) is 0 Å². The van der Waals surface area contributed by atoms with Crippen LogP contribution >= 0.6 is 0 Å². The fourth-order valence-corrected chi connectivity index (χ4v) is 3.82. The zero-order chi connectivity index (χ0) is 14.5. The van der Waals surface area contributed by atoms with Crippen molar-refractivity contribution in [2.75, 3.05) is 13.7 Å². The lowest BCUT2D eigenvalue weighted by Crippen LogP contribution is -2.52. The Morgan fingerprint density at radius 3 is 2.37 bits per heavy atom. The van der Waals surface area contributed by atoms with E-state index < -0.39 is 0 Å². The number of likely N-dealkylation sites (N-methyl/N-ethyl adjacent to an activating group) is 1. The summed E-state index contributed by atoms with van der Waals surface area (Å²) < 4.78 is 5.89. The van der Waals surface area contributed by atoms with Gasteiger partial charge < -0.3 is 10.1 Å². The Hall–Kier alpha value is -0.0800. The van der Waals surface area contributed by atoms with Crippen molar-refractivity contribution in [3.8, 4) is 0 Å². The van der Waals surface area contributed by atoms with E-state index in [1.165, 1.54) is 32.1 Å². The van der Waals surface area contributed by atoms with Crippen LogP contribution in [0, 0.1) is 17.3 Å². The van der Waals surface area contributed by atoms with Gasteiger partial charge in [0.05, 0.1) is 6.10 Å². The van der Waals surface area contributed by atoms with E-state index in [0.717, 1.165) is 18.4 Å². The zero-order valence-electron chi connectivity index (χ0n) is 14.0. The van der Waals surface area contributed by atoms with Gasteiger partial charge in [0.15, 0.2) is 0 Å². The Labute approximate surface area is 120 Å². The lowest BCUT2D eigenvalue weighted by atomic mass is 9.71. The molecule has 1 N–H and O–H groups in total. The van der Waals surface area contributed by atoms with Crippen LogP contribution in [0.25, 0.3) is 0 Å². The molecule has 2 heteroatoms. The lowest BCUT2D eigenvalue weighted by molar-refractivity contribution is -0.0336. The number of hydrogen-bond donors (Lipinski definition) is 1. The average molecular weight is 269 g/mol. The zero-order valence-corrected chi connectivity index (χ0v) is 14.0. The summed E-state index contributed by atoms with van der Waals surface area (Å²) in [5, 5.41) is 3.73. The molecule has 0 aromatic heterocycles. The second kappa shape index (κ2) is 7.64. The third-order valence-corrected chi connectivity index (χ3v) is 4.78. The summed E-state index contributed by atoms with van der Waals surface area (Å²) in [6.45, 7) is 12.5. The topological polar surface area (TPSA) is 21.3 Å². The average Bonchev–Trinajstić information content (AvgIpc) is 2.37. The molecule has 2 nitrogen and oxygen atoms in total. The predicted molar refractivity (Wildman–Crippen MR) is 83.5 cm³/mol. The molecule has 0 amide bonds. The van der Waals surface area contributed by atoms with Crippen molar-refractivity contribution in [3.05, 3.63) is 0 Å². The molecule has 0 bridgehead atoms. The van der Waals surface area contributed by atoms with Crippen LogP contribution in [-0.2, 0) is 4.74 Å². The van der Waals surface area contributed by atoms with Crippen LogP contribution in [0.3, 0.4) is 0 Å². The second-order valence-electron chi connectivity index (χ2n) is 7.31. The van der Waals surface area contributed by atoms with Crippen LogP contribution in [0.15, 0.2) is 0 Å². The Kier molecular flexibility index (Phi) is 6.82. The molecule has 1 aliphatic carbocycles. The standard InChI is InChI=1S/C17H35NO/c1-7-13-10-9-11-14(12-13)15(18-8-2)16(19-6)17(3,4)5/h13-16,18H,7-12H2,1-6H3. The molecule has 0 aromatic rings. The van der Waals surface area contributed by atoms with Gasteiger partial charge in [-0.05, 0) is 36.6 Å². The maximum Gasteiger partial charge on any atom is 0.0775 e. The van der Waals surface area contributed by atoms with Crippen LogP contribution in [-0.4, -0.2) is 25.8 Å². The highest BCUT2D eigenvalue weighted by molar-refractivity contribution is 4.92. The third kappa shape index (κ3) is 4.75. The molecule has 1 fully saturated rings. The van der Waals surface area contributed by atoms with Crippen molar-refractivity contribution in [1.82, 2.24) is 5.32 Å². The van der Waals surface area contributed by atoms with Gasteiger partial charge in [-0.2, -0.15) is 0 Å². The van der Waals surface area contributed by atoms with E-state index in [-0.39, 0.29) is 5.41 Å². The lowest BCUT2D eigenvalue weighted by Gasteiger charge is -2.43. The summed E-state index contributed by atoms with van der Waals surface area (Å²) in [6, 6.07) is 0.504. The SMILES string of the molecule is CCNC(C1CCCC(CC)C1)C(OC)C(C)(C)C. The summed E-state index contributed by atoms with van der Waals surface area (Å²) in [5.74, 6) is 1.71. The number of hydrogen-bond acceptors (Lipinski definition) is 2. The van der Waals surface area contributed by atoms with Crippen molar-refractivity contribution >= 4 is 0 Å². The van der Waals surface area contributed by atoms with Crippen molar-refractivity contribution in [2.45, 2.75) is 78.9 Å². The molecule has 114 valence electrons. The van der Waals surface area contributed by atoms with E-state index in [2.05, 4.69) is 39.9 Å². The summed E-state index contributed by atoms with van der Waals surface area (Å²) >= 11 is 0. The molecule has 0 aromatic carbocycles. The van der Waals surface area contributed by atoms with Crippen LogP contribution < -0.4 is 5.32 Å². The number of rotatable bonds is 6. The molecule has 19 heavy (non-hydrogen) atoms. The first kappa shape index (κ1) is 17.0. The van der Waals surface area contributed by atoms with Crippen molar-refractivity contribution in [2.24, 2.45) is 17.3 Å². The molecular formula is C17H35NO. The van der Waals surface area contributed by atoms with Gasteiger partial charge >= 0.3 is 0 Å². The minimum absolute atomic E-state index is 0.195. The van der Waals surface area contributed by atoms with Crippen LogP contribution in [0.1, 0.15) is 66.7 Å². The van der Waals surface area contributed by atoms with E-state index >= 15 is 0 Å². The van der Waals surface area contributed by atoms with Crippen molar-refractivity contribution in [3.63, 3.8) is 0 Å². The minimum atomic E-state index is 0.195. The van der Waals surface area contributed by atoms with Gasteiger partial charge in [-0.1, -0.05) is 53.9 Å². The summed E-state index contributed by atoms with van der Waals surface area (Å²) in [6.07, 6.45) is 7.20. The quantitative estimate of drug-likeness (QED) is 0.778. The normalized spacial score (nSPS) is 28.1. The van der Waals surface area contributed by atoms with Gasteiger partial charge in [0, 0.05) is 13.2 Å². The first-order valence-corrected chi connectivity index (χ1v) is 8.20. The molecule has 1 aliphatic rings. The number of methoxy groups -OCH3 is 1. The Bertz CT molecular complexity index is 246. The maximum atomic E-state index is 5.89. The second-order valence-corrected chi connectivity index (χ2v) is 7.31. The van der Waals surface area contributed by atoms with Gasteiger partial charge in [-0.3, -0.25) is 0 Å². The molecule has 0 heterocycles. The summed E-state index contributed by atoms with van der Waals surface area (Å²) in [4.78, 5) is 0. The van der Waals surface area contributed by atoms with Gasteiger partial charge in [0.2, 0.25) is 0 Å². The molecule has 0 spiro atoms. The Morgan fingerprint density at radius 1 is 1.21 bits per heavy atom. The largest absolute Gasteiger partial charge is 0.379 e. The van der Waals surface area contributed by atoms with Gasteiger partial charge in [0.1, 0.15) is 0 Å². The highest BCUT2D eigenvalue weighted by atomic mass is 16.5. The first-order chi connectivity index (χ1) is 8.93. The van der Waals surface area contributed by atoms with Crippen molar-refractivity contribution in [1.29, 1.82) is 0 Å². The number of nitrogens with one attached hydrogen (secondary N) is 1. The molecule has 1 saturated carbocycles. The Morgan fingerprint density at radius 2 is 1.89 bits per heavy atom. The molecule has 4 atom stereocenters. The summed E-state index contributed by atoms with van der Waals surface area (Å²) in [7, 11) is 1.88. The molecular weight excluding hydrogens is 234 g/mol. The van der Waals surface area contributed by atoms with E-state index in [1.807, 2.05) is 7.11 Å². The van der Waals surface area contributed by atoms with Crippen molar-refractivity contribution < 1.29 is 4.74 Å². The van der Waals surface area contributed by atoms with Crippen LogP contribution in [0.4, 0.5) is 0 Å². The third-order valence-electron chi connectivity index (χ3n) is 4.78. The smallest absolute Gasteiger partial charge is 0.0775 e. The molecule has 0 saturated heterocycles. The van der Waals surface area contributed by atoms with E-state index in [4.69, 9.17) is 4.74 Å². The highest BCUT2D eigenvalue weighted by Crippen LogP contribution is 2.37. The minimum Gasteiger partial charge on any atom is -0.379 e. The van der Waals surface area contributed by atoms with E-state index in [1.54, 1.807) is 0 Å². The maximum absolute atomic E-state index is 5.89. The monoisotopic (exact) mass is 269 g/mol. The Balaban J connectivity index is 2.80. The predicted octanol–water partition coefficient (Wildman–Crippen LogP) is 4.24. The number of ether oxygens (including phenoxy) is 1. The van der Waals surface area contributed by atoms with E-state index in [9.17, 15) is 0 Å². The molecule has 0 radical (unpaired) electrons. The van der Waals surface area contributed by atoms with Gasteiger partial charge in [-0.25, -0.2) is 0 Å². The molecule has 1 rings (SSSR count).